The lowest BCUT2D eigenvalue weighted by Crippen LogP contribution is -2.45. The molecule has 98 valence electrons. The average Bonchev–Trinajstić information content (AvgIpc) is 2.32. The van der Waals surface area contributed by atoms with E-state index in [2.05, 4.69) is 0 Å². The minimum absolute atomic E-state index is 0.212. The van der Waals surface area contributed by atoms with Gasteiger partial charge in [0.05, 0.1) is 21.7 Å². The van der Waals surface area contributed by atoms with Crippen LogP contribution in [-0.2, 0) is 0 Å². The minimum atomic E-state index is -0.482. The van der Waals surface area contributed by atoms with Gasteiger partial charge in [0.15, 0.2) is 0 Å². The largest absolute Gasteiger partial charge is 0.391 e. The number of hydrogen-bond acceptors (Lipinski definition) is 2. The number of halogens is 2. The first-order chi connectivity index (χ1) is 8.50. The van der Waals surface area contributed by atoms with Crippen molar-refractivity contribution in [3.63, 3.8) is 0 Å². The smallest absolute Gasteiger partial charge is 0.256 e. The molecule has 2 rings (SSSR count). The molecule has 0 bridgehead atoms. The Morgan fingerprint density at radius 1 is 1.39 bits per heavy atom. The molecule has 1 aromatic rings. The minimum Gasteiger partial charge on any atom is -0.391 e. The highest BCUT2D eigenvalue weighted by molar-refractivity contribution is 6.39. The van der Waals surface area contributed by atoms with E-state index >= 15 is 0 Å². The molecular formula is C13H15Cl2NO2. The second kappa shape index (κ2) is 5.47. The van der Waals surface area contributed by atoms with Crippen molar-refractivity contribution in [2.24, 2.45) is 5.92 Å². The predicted molar refractivity (Wildman–Crippen MR) is 72.2 cm³/mol. The maximum atomic E-state index is 12.3. The lowest BCUT2D eigenvalue weighted by atomic mass is 9.95. The van der Waals surface area contributed by atoms with Gasteiger partial charge in [-0.05, 0) is 24.5 Å². The van der Waals surface area contributed by atoms with Gasteiger partial charge in [-0.2, -0.15) is 0 Å². The van der Waals surface area contributed by atoms with E-state index in [9.17, 15) is 9.90 Å². The summed E-state index contributed by atoms with van der Waals surface area (Å²) in [5.74, 6) is 0.00678. The second-order valence-electron chi connectivity index (χ2n) is 4.68. The van der Waals surface area contributed by atoms with Crippen LogP contribution in [0.5, 0.6) is 0 Å². The van der Waals surface area contributed by atoms with Gasteiger partial charge in [-0.3, -0.25) is 4.79 Å². The molecule has 2 atom stereocenters. The summed E-state index contributed by atoms with van der Waals surface area (Å²) in [4.78, 5) is 13.9. The molecule has 1 saturated heterocycles. The van der Waals surface area contributed by atoms with E-state index in [-0.39, 0.29) is 11.8 Å². The van der Waals surface area contributed by atoms with Gasteiger partial charge < -0.3 is 10.0 Å². The molecule has 0 radical (unpaired) electrons. The number of benzene rings is 1. The quantitative estimate of drug-likeness (QED) is 0.863. The lowest BCUT2D eigenvalue weighted by molar-refractivity contribution is 0.0249. The van der Waals surface area contributed by atoms with Crippen molar-refractivity contribution in [2.45, 2.75) is 19.4 Å². The third-order valence-corrected chi connectivity index (χ3v) is 4.01. The van der Waals surface area contributed by atoms with Crippen LogP contribution in [-0.4, -0.2) is 35.1 Å². The summed E-state index contributed by atoms with van der Waals surface area (Å²) >= 11 is 12.0. The fourth-order valence-electron chi connectivity index (χ4n) is 2.09. The molecule has 3 nitrogen and oxygen atoms in total. The number of β-amino-alcohol motifs (C(OH)–C–C–N with tert-alkyl or cyclic N) is 1. The van der Waals surface area contributed by atoms with Gasteiger partial charge in [0, 0.05) is 13.1 Å². The molecule has 5 heteroatoms. The SMILES string of the molecule is CC1CCN(C(=O)c2c(Cl)cccc2Cl)CC1O. The first-order valence-electron chi connectivity index (χ1n) is 5.92. The Morgan fingerprint density at radius 3 is 2.56 bits per heavy atom. The molecule has 1 amide bonds. The molecule has 1 N–H and O–H groups in total. The van der Waals surface area contributed by atoms with Crippen molar-refractivity contribution in [1.82, 2.24) is 4.90 Å². The van der Waals surface area contributed by atoms with E-state index in [1.807, 2.05) is 6.92 Å². The Balaban J connectivity index is 2.22. The molecule has 0 aliphatic carbocycles. The third-order valence-electron chi connectivity index (χ3n) is 3.38. The number of amides is 1. The van der Waals surface area contributed by atoms with Crippen molar-refractivity contribution in [2.75, 3.05) is 13.1 Å². The van der Waals surface area contributed by atoms with Crippen molar-refractivity contribution >= 4 is 29.1 Å². The standard InChI is InChI=1S/C13H15Cl2NO2/c1-8-5-6-16(7-11(8)17)13(18)12-9(14)3-2-4-10(12)15/h2-4,8,11,17H,5-7H2,1H3. The van der Waals surface area contributed by atoms with Gasteiger partial charge >= 0.3 is 0 Å². The Morgan fingerprint density at radius 2 is 2.00 bits per heavy atom. The normalized spacial score (nSPS) is 24.1. The van der Waals surface area contributed by atoms with E-state index in [1.165, 1.54) is 0 Å². The first-order valence-corrected chi connectivity index (χ1v) is 6.67. The van der Waals surface area contributed by atoms with Gasteiger partial charge in [0.25, 0.3) is 5.91 Å². The molecule has 18 heavy (non-hydrogen) atoms. The van der Waals surface area contributed by atoms with Crippen LogP contribution in [0.4, 0.5) is 0 Å². The molecule has 1 heterocycles. The maximum Gasteiger partial charge on any atom is 0.256 e. The molecule has 1 aliphatic heterocycles. The van der Waals surface area contributed by atoms with E-state index < -0.39 is 6.10 Å². The summed E-state index contributed by atoms with van der Waals surface area (Å²) in [6.07, 6.45) is 0.304. The number of carbonyl (C=O) groups is 1. The van der Waals surface area contributed by atoms with Crippen LogP contribution in [0.15, 0.2) is 18.2 Å². The molecule has 1 aliphatic rings. The van der Waals surface area contributed by atoms with Gasteiger partial charge in [0.2, 0.25) is 0 Å². The van der Waals surface area contributed by atoms with E-state index in [4.69, 9.17) is 23.2 Å². The average molecular weight is 288 g/mol. The molecule has 0 aromatic heterocycles. The summed E-state index contributed by atoms with van der Waals surface area (Å²) in [6.45, 7) is 2.94. The molecule has 1 aromatic carbocycles. The zero-order valence-corrected chi connectivity index (χ0v) is 11.6. The zero-order valence-electron chi connectivity index (χ0n) is 10.1. The Kier molecular flexibility index (Phi) is 4.15. The number of piperidine rings is 1. The summed E-state index contributed by atoms with van der Waals surface area (Å²) < 4.78 is 0. The van der Waals surface area contributed by atoms with Gasteiger partial charge in [0.1, 0.15) is 0 Å². The van der Waals surface area contributed by atoms with Crippen LogP contribution in [0.3, 0.4) is 0 Å². The topological polar surface area (TPSA) is 40.5 Å². The zero-order chi connectivity index (χ0) is 13.3. The highest BCUT2D eigenvalue weighted by Crippen LogP contribution is 2.27. The van der Waals surface area contributed by atoms with Crippen molar-refractivity contribution in [1.29, 1.82) is 0 Å². The Hall–Kier alpha value is -0.770. The highest BCUT2D eigenvalue weighted by atomic mass is 35.5. The third kappa shape index (κ3) is 2.63. The molecule has 2 unspecified atom stereocenters. The summed E-state index contributed by atoms with van der Waals surface area (Å²) in [6, 6.07) is 4.99. The molecular weight excluding hydrogens is 273 g/mol. The highest BCUT2D eigenvalue weighted by Gasteiger charge is 2.29. The fraction of sp³-hybridized carbons (Fsp3) is 0.462. The van der Waals surface area contributed by atoms with E-state index in [0.29, 0.717) is 28.7 Å². The van der Waals surface area contributed by atoms with Crippen LogP contribution in [0.1, 0.15) is 23.7 Å². The monoisotopic (exact) mass is 287 g/mol. The lowest BCUT2D eigenvalue weighted by Gasteiger charge is -2.34. The summed E-state index contributed by atoms with van der Waals surface area (Å²) in [5, 5.41) is 10.5. The van der Waals surface area contributed by atoms with Crippen molar-refractivity contribution in [3.05, 3.63) is 33.8 Å². The summed E-state index contributed by atoms with van der Waals surface area (Å²) in [7, 11) is 0. The van der Waals surface area contributed by atoms with E-state index in [0.717, 1.165) is 6.42 Å². The van der Waals surface area contributed by atoms with Crippen LogP contribution >= 0.6 is 23.2 Å². The van der Waals surface area contributed by atoms with Crippen molar-refractivity contribution in [3.8, 4) is 0 Å². The number of likely N-dealkylation sites (tertiary alicyclic amines) is 1. The second-order valence-corrected chi connectivity index (χ2v) is 5.50. The maximum absolute atomic E-state index is 12.3. The summed E-state index contributed by atoms with van der Waals surface area (Å²) in [5.41, 5.74) is 0.322. The van der Waals surface area contributed by atoms with Crippen LogP contribution < -0.4 is 0 Å². The number of hydrogen-bond donors (Lipinski definition) is 1. The van der Waals surface area contributed by atoms with Gasteiger partial charge in [-0.25, -0.2) is 0 Å². The van der Waals surface area contributed by atoms with E-state index in [1.54, 1.807) is 23.1 Å². The Bertz CT molecular complexity index is 444. The number of rotatable bonds is 1. The number of carbonyl (C=O) groups excluding carboxylic acids is 1. The number of nitrogens with zero attached hydrogens (tertiary/aromatic N) is 1. The Labute approximate surface area is 116 Å². The fourth-order valence-corrected chi connectivity index (χ4v) is 2.65. The van der Waals surface area contributed by atoms with Gasteiger partial charge in [-0.15, -0.1) is 0 Å². The number of aliphatic hydroxyl groups excluding tert-OH is 1. The van der Waals surface area contributed by atoms with Gasteiger partial charge in [-0.1, -0.05) is 36.2 Å². The first kappa shape index (κ1) is 13.7. The molecule has 0 saturated carbocycles. The molecule has 0 spiro atoms. The number of aliphatic hydroxyl groups is 1. The predicted octanol–water partition coefficient (Wildman–Crippen LogP) is 2.84. The molecule has 1 fully saturated rings. The van der Waals surface area contributed by atoms with Crippen LogP contribution in [0.2, 0.25) is 10.0 Å². The van der Waals surface area contributed by atoms with Crippen molar-refractivity contribution < 1.29 is 9.90 Å². The van der Waals surface area contributed by atoms with Crippen LogP contribution in [0, 0.1) is 5.92 Å². The van der Waals surface area contributed by atoms with Crippen LogP contribution in [0.25, 0.3) is 0 Å².